The van der Waals surface area contributed by atoms with E-state index < -0.39 is 10.8 Å². The van der Waals surface area contributed by atoms with E-state index in [9.17, 15) is 4.21 Å². The Morgan fingerprint density at radius 3 is 2.95 bits per heavy atom. The summed E-state index contributed by atoms with van der Waals surface area (Å²) in [6, 6.07) is 7.45. The molecule has 1 fully saturated rings. The number of hydrogen-bond donors (Lipinski definition) is 0. The molecule has 3 atom stereocenters. The van der Waals surface area contributed by atoms with Crippen molar-refractivity contribution < 1.29 is 13.7 Å². The first-order valence-electron chi connectivity index (χ1n) is 6.21. The second kappa shape index (κ2) is 6.18. The predicted octanol–water partition coefficient (Wildman–Crippen LogP) is 1.99. The Labute approximate surface area is 115 Å². The third-order valence-corrected chi connectivity index (χ3v) is 5.25. The minimum absolute atomic E-state index is 0.0505. The van der Waals surface area contributed by atoms with Gasteiger partial charge in [-0.2, -0.15) is 5.26 Å². The van der Waals surface area contributed by atoms with Crippen LogP contribution >= 0.6 is 0 Å². The van der Waals surface area contributed by atoms with E-state index in [1.54, 1.807) is 12.1 Å². The van der Waals surface area contributed by atoms with Gasteiger partial charge in [-0.25, -0.2) is 0 Å². The zero-order valence-corrected chi connectivity index (χ0v) is 11.9. The summed E-state index contributed by atoms with van der Waals surface area (Å²) in [5, 5.41) is 9.13. The molecule has 4 nitrogen and oxygen atoms in total. The second-order valence-corrected chi connectivity index (χ2v) is 6.23. The summed E-state index contributed by atoms with van der Waals surface area (Å²) in [4.78, 5) is 0. The molecule has 1 saturated heterocycles. The molecule has 1 aliphatic heterocycles. The summed E-state index contributed by atoms with van der Waals surface area (Å²) in [7, 11) is 0.563. The van der Waals surface area contributed by atoms with Crippen LogP contribution in [0.4, 0.5) is 0 Å². The molecule has 19 heavy (non-hydrogen) atoms. The molecule has 1 aliphatic rings. The van der Waals surface area contributed by atoms with Gasteiger partial charge in [0.25, 0.3) is 0 Å². The lowest BCUT2D eigenvalue weighted by atomic mass is 10.1. The fraction of sp³-hybridized carbons (Fsp3) is 0.500. The fourth-order valence-electron chi connectivity index (χ4n) is 2.26. The Kier molecular flexibility index (Phi) is 4.56. The molecule has 0 N–H and O–H groups in total. The Hall–Kier alpha value is -1.38. The molecule has 102 valence electrons. The van der Waals surface area contributed by atoms with Gasteiger partial charge in [0, 0.05) is 23.2 Å². The normalized spacial score (nSPS) is 23.8. The number of rotatable bonds is 4. The van der Waals surface area contributed by atoms with Gasteiger partial charge in [-0.3, -0.25) is 4.21 Å². The maximum atomic E-state index is 12.3. The highest BCUT2D eigenvalue weighted by Crippen LogP contribution is 2.23. The summed E-state index contributed by atoms with van der Waals surface area (Å²) < 4.78 is 22.8. The Morgan fingerprint density at radius 2 is 2.37 bits per heavy atom. The summed E-state index contributed by atoms with van der Waals surface area (Å²) in [5.74, 6) is 1.01. The monoisotopic (exact) mass is 279 g/mol. The van der Waals surface area contributed by atoms with Gasteiger partial charge in [0.15, 0.2) is 0 Å². The van der Waals surface area contributed by atoms with Crippen LogP contribution in [0.1, 0.15) is 24.5 Å². The first-order valence-corrected chi connectivity index (χ1v) is 7.59. The lowest BCUT2D eigenvalue weighted by Gasteiger charge is -2.14. The molecule has 0 spiro atoms. The van der Waals surface area contributed by atoms with Crippen LogP contribution < -0.4 is 4.74 Å². The third-order valence-electron chi connectivity index (χ3n) is 3.34. The van der Waals surface area contributed by atoms with Crippen molar-refractivity contribution in [3.63, 3.8) is 0 Å². The number of hydrogen-bond acceptors (Lipinski definition) is 4. The van der Waals surface area contributed by atoms with Gasteiger partial charge in [-0.05, 0) is 31.0 Å². The summed E-state index contributed by atoms with van der Waals surface area (Å²) in [5.41, 5.74) is 1.38. The number of nitrogens with zero attached hydrogens (tertiary/aromatic N) is 1. The van der Waals surface area contributed by atoms with Crippen molar-refractivity contribution in [3.05, 3.63) is 29.3 Å². The van der Waals surface area contributed by atoms with Gasteiger partial charge in [0.05, 0.1) is 24.0 Å². The van der Waals surface area contributed by atoms with E-state index in [0.717, 1.165) is 12.0 Å². The van der Waals surface area contributed by atoms with Crippen molar-refractivity contribution in [2.45, 2.75) is 30.5 Å². The van der Waals surface area contributed by atoms with Crippen LogP contribution in [0.5, 0.6) is 5.75 Å². The number of benzene rings is 1. The first-order chi connectivity index (χ1) is 9.15. The van der Waals surface area contributed by atoms with E-state index in [-0.39, 0.29) is 11.4 Å². The summed E-state index contributed by atoms with van der Waals surface area (Å²) in [6.45, 7) is 2.65. The van der Waals surface area contributed by atoms with Crippen molar-refractivity contribution in [2.24, 2.45) is 0 Å². The van der Waals surface area contributed by atoms with Crippen molar-refractivity contribution in [1.29, 1.82) is 5.26 Å². The maximum Gasteiger partial charge on any atom is 0.136 e. The fourth-order valence-corrected chi connectivity index (χ4v) is 3.85. The van der Waals surface area contributed by atoms with Gasteiger partial charge in [-0.15, -0.1) is 0 Å². The van der Waals surface area contributed by atoms with Crippen molar-refractivity contribution in [1.82, 2.24) is 0 Å². The van der Waals surface area contributed by atoms with E-state index >= 15 is 0 Å². The average molecular weight is 279 g/mol. The van der Waals surface area contributed by atoms with Crippen molar-refractivity contribution >= 4 is 10.8 Å². The minimum Gasteiger partial charge on any atom is -0.495 e. The highest BCUT2D eigenvalue weighted by atomic mass is 32.2. The Morgan fingerprint density at radius 1 is 1.58 bits per heavy atom. The smallest absolute Gasteiger partial charge is 0.136 e. The molecule has 0 amide bonds. The van der Waals surface area contributed by atoms with Crippen LogP contribution in [0.2, 0.25) is 0 Å². The first kappa shape index (κ1) is 14.0. The van der Waals surface area contributed by atoms with E-state index in [2.05, 4.69) is 6.07 Å². The quantitative estimate of drug-likeness (QED) is 0.845. The highest BCUT2D eigenvalue weighted by Gasteiger charge is 2.29. The number of methoxy groups -OCH3 is 1. The molecule has 0 aromatic heterocycles. The standard InChI is InChI=1S/C14H17NO3S/c1-10-14(5-6-18-10)19(16)9-11-3-4-13(17-2)12(7-11)8-15/h3-4,7,10,14H,5-6,9H2,1-2H3. The molecule has 3 unspecified atom stereocenters. The minimum atomic E-state index is -0.970. The van der Waals surface area contributed by atoms with Gasteiger partial charge < -0.3 is 9.47 Å². The van der Waals surface area contributed by atoms with E-state index in [1.807, 2.05) is 13.0 Å². The second-order valence-electron chi connectivity index (χ2n) is 4.57. The number of ether oxygens (including phenoxy) is 2. The third kappa shape index (κ3) is 3.14. The molecule has 1 heterocycles. The summed E-state index contributed by atoms with van der Waals surface area (Å²) in [6.07, 6.45) is 0.893. The molecule has 0 aliphatic carbocycles. The van der Waals surface area contributed by atoms with E-state index in [0.29, 0.717) is 23.7 Å². The molecule has 5 heteroatoms. The van der Waals surface area contributed by atoms with Crippen molar-refractivity contribution in [3.8, 4) is 11.8 Å². The maximum absolute atomic E-state index is 12.3. The molecule has 1 aromatic rings. The van der Waals surface area contributed by atoms with Crippen LogP contribution in [0.25, 0.3) is 0 Å². The average Bonchev–Trinajstić information content (AvgIpc) is 2.85. The van der Waals surface area contributed by atoms with E-state index in [4.69, 9.17) is 14.7 Å². The molecular formula is C14H17NO3S. The Bertz CT molecular complexity index is 524. The molecular weight excluding hydrogens is 262 g/mol. The molecule has 0 bridgehead atoms. The summed E-state index contributed by atoms with van der Waals surface area (Å²) >= 11 is 0. The lowest BCUT2D eigenvalue weighted by molar-refractivity contribution is 0.127. The van der Waals surface area contributed by atoms with Gasteiger partial charge in [-0.1, -0.05) is 6.07 Å². The molecule has 2 rings (SSSR count). The van der Waals surface area contributed by atoms with Crippen molar-refractivity contribution in [2.75, 3.05) is 13.7 Å². The molecule has 0 radical (unpaired) electrons. The van der Waals surface area contributed by atoms with Gasteiger partial charge >= 0.3 is 0 Å². The van der Waals surface area contributed by atoms with Crippen LogP contribution in [0.3, 0.4) is 0 Å². The molecule has 1 aromatic carbocycles. The zero-order valence-electron chi connectivity index (χ0n) is 11.1. The van der Waals surface area contributed by atoms with Crippen LogP contribution in [-0.2, 0) is 21.3 Å². The van der Waals surface area contributed by atoms with Gasteiger partial charge in [0.1, 0.15) is 11.8 Å². The van der Waals surface area contributed by atoms with E-state index in [1.165, 1.54) is 7.11 Å². The molecule has 0 saturated carbocycles. The van der Waals surface area contributed by atoms with Crippen LogP contribution in [0.15, 0.2) is 18.2 Å². The highest BCUT2D eigenvalue weighted by molar-refractivity contribution is 7.84. The largest absolute Gasteiger partial charge is 0.495 e. The lowest BCUT2D eigenvalue weighted by Crippen LogP contribution is -2.24. The number of nitriles is 1. The topological polar surface area (TPSA) is 59.3 Å². The Balaban J connectivity index is 2.11. The predicted molar refractivity (Wildman–Crippen MR) is 73.4 cm³/mol. The van der Waals surface area contributed by atoms with Crippen LogP contribution in [-0.4, -0.2) is 29.3 Å². The van der Waals surface area contributed by atoms with Gasteiger partial charge in [0.2, 0.25) is 0 Å². The van der Waals surface area contributed by atoms with Crippen LogP contribution in [0, 0.1) is 11.3 Å². The zero-order chi connectivity index (χ0) is 13.8. The SMILES string of the molecule is COc1ccc(CS(=O)C2CCOC2C)cc1C#N.